The number of carbonyl (C=O) groups excluding carboxylic acids is 1. The van der Waals surface area contributed by atoms with Crippen LogP contribution in [0.2, 0.25) is 5.02 Å². The molecule has 0 bridgehead atoms. The van der Waals surface area contributed by atoms with Crippen LogP contribution in [0.25, 0.3) is 10.9 Å². The van der Waals surface area contributed by atoms with E-state index < -0.39 is 5.41 Å². The van der Waals surface area contributed by atoms with Crippen molar-refractivity contribution in [1.82, 2.24) is 9.99 Å². The number of nitrogens with one attached hydrogen (secondary N) is 1. The third-order valence-corrected chi connectivity index (χ3v) is 3.28. The van der Waals surface area contributed by atoms with E-state index in [9.17, 15) is 4.79 Å². The number of benzene rings is 1. The fourth-order valence-corrected chi connectivity index (χ4v) is 2.15. The van der Waals surface area contributed by atoms with E-state index >= 15 is 0 Å². The van der Waals surface area contributed by atoms with Crippen LogP contribution < -0.4 is 11.3 Å². The minimum atomic E-state index is -0.580. The molecule has 18 heavy (non-hydrogen) atoms. The van der Waals surface area contributed by atoms with Gasteiger partial charge in [-0.2, -0.15) is 0 Å². The number of aromatic nitrogens is 1. The van der Waals surface area contributed by atoms with Crippen molar-refractivity contribution in [2.24, 2.45) is 11.3 Å². The van der Waals surface area contributed by atoms with Gasteiger partial charge in [-0.05, 0) is 37.4 Å². The average molecular weight is 266 g/mol. The molecule has 1 amide bonds. The van der Waals surface area contributed by atoms with Gasteiger partial charge < -0.3 is 4.57 Å². The largest absolute Gasteiger partial charge is 0.346 e. The number of nitrogens with zero attached hydrogens (tertiary/aromatic N) is 1. The monoisotopic (exact) mass is 265 g/mol. The standard InChI is InChI=1S/C13H16ClN3O/c1-13(2,12(18)16-15)8-17-6-5-9-3-4-10(14)7-11(9)17/h3-7H,8,15H2,1-2H3,(H,16,18). The number of halogens is 1. The van der Waals surface area contributed by atoms with Crippen LogP contribution in [-0.2, 0) is 11.3 Å². The molecule has 5 heteroatoms. The number of fused-ring (bicyclic) bond motifs is 1. The maximum absolute atomic E-state index is 11.7. The van der Waals surface area contributed by atoms with E-state index in [-0.39, 0.29) is 5.91 Å². The van der Waals surface area contributed by atoms with Gasteiger partial charge in [-0.15, -0.1) is 0 Å². The molecule has 3 N–H and O–H groups in total. The Kier molecular flexibility index (Phi) is 3.32. The summed E-state index contributed by atoms with van der Waals surface area (Å²) in [7, 11) is 0. The summed E-state index contributed by atoms with van der Waals surface area (Å²) < 4.78 is 2.01. The minimum Gasteiger partial charge on any atom is -0.346 e. The highest BCUT2D eigenvalue weighted by molar-refractivity contribution is 6.31. The molecule has 1 aromatic carbocycles. The van der Waals surface area contributed by atoms with Crippen molar-refractivity contribution in [3.05, 3.63) is 35.5 Å². The van der Waals surface area contributed by atoms with E-state index in [0.29, 0.717) is 11.6 Å². The molecule has 2 aromatic rings. The van der Waals surface area contributed by atoms with Crippen molar-refractivity contribution in [2.45, 2.75) is 20.4 Å². The minimum absolute atomic E-state index is 0.189. The van der Waals surface area contributed by atoms with Gasteiger partial charge in [-0.25, -0.2) is 5.84 Å². The quantitative estimate of drug-likeness (QED) is 0.508. The Morgan fingerprint density at radius 3 is 2.83 bits per heavy atom. The zero-order valence-electron chi connectivity index (χ0n) is 10.4. The Balaban J connectivity index is 2.37. The summed E-state index contributed by atoms with van der Waals surface area (Å²) in [6.07, 6.45) is 1.95. The van der Waals surface area contributed by atoms with Crippen molar-refractivity contribution >= 4 is 28.4 Å². The van der Waals surface area contributed by atoms with Crippen LogP contribution in [0.15, 0.2) is 30.5 Å². The van der Waals surface area contributed by atoms with Gasteiger partial charge in [-0.1, -0.05) is 17.7 Å². The van der Waals surface area contributed by atoms with Crippen molar-refractivity contribution in [2.75, 3.05) is 0 Å². The SMILES string of the molecule is CC(C)(Cn1ccc2ccc(Cl)cc21)C(=O)NN. The van der Waals surface area contributed by atoms with E-state index in [0.717, 1.165) is 10.9 Å². The van der Waals surface area contributed by atoms with E-state index in [1.807, 2.05) is 48.9 Å². The predicted octanol–water partition coefficient (Wildman–Crippen LogP) is 2.31. The van der Waals surface area contributed by atoms with Crippen LogP contribution in [0, 0.1) is 5.41 Å². The van der Waals surface area contributed by atoms with Gasteiger partial charge in [0.25, 0.3) is 0 Å². The second-order valence-electron chi connectivity index (χ2n) is 5.00. The first-order valence-electron chi connectivity index (χ1n) is 5.69. The molecule has 0 aliphatic rings. The van der Waals surface area contributed by atoms with Gasteiger partial charge in [-0.3, -0.25) is 10.2 Å². The summed E-state index contributed by atoms with van der Waals surface area (Å²) in [6.45, 7) is 4.25. The first kappa shape index (κ1) is 12.9. The summed E-state index contributed by atoms with van der Waals surface area (Å²) in [6, 6.07) is 7.71. The van der Waals surface area contributed by atoms with Gasteiger partial charge in [0.05, 0.1) is 5.41 Å². The molecule has 1 heterocycles. The molecule has 4 nitrogen and oxygen atoms in total. The lowest BCUT2D eigenvalue weighted by Crippen LogP contribution is -2.43. The summed E-state index contributed by atoms with van der Waals surface area (Å²) >= 11 is 6.00. The Bertz CT molecular complexity index is 589. The maximum Gasteiger partial charge on any atom is 0.241 e. The fraction of sp³-hybridized carbons (Fsp3) is 0.308. The Morgan fingerprint density at radius 1 is 1.44 bits per heavy atom. The van der Waals surface area contributed by atoms with Crippen LogP contribution in [0.4, 0.5) is 0 Å². The topological polar surface area (TPSA) is 60.0 Å². The number of rotatable bonds is 3. The fourth-order valence-electron chi connectivity index (χ4n) is 1.99. The van der Waals surface area contributed by atoms with Crippen molar-refractivity contribution in [3.8, 4) is 0 Å². The van der Waals surface area contributed by atoms with Crippen molar-refractivity contribution in [3.63, 3.8) is 0 Å². The van der Waals surface area contributed by atoms with Crippen LogP contribution in [0.5, 0.6) is 0 Å². The maximum atomic E-state index is 11.7. The van der Waals surface area contributed by atoms with E-state index in [1.54, 1.807) is 0 Å². The van der Waals surface area contributed by atoms with Crippen molar-refractivity contribution in [1.29, 1.82) is 0 Å². The molecular weight excluding hydrogens is 250 g/mol. The smallest absolute Gasteiger partial charge is 0.241 e. The van der Waals surface area contributed by atoms with Crippen molar-refractivity contribution < 1.29 is 4.79 Å². The molecule has 0 atom stereocenters. The number of amides is 1. The lowest BCUT2D eigenvalue weighted by Gasteiger charge is -2.23. The molecular formula is C13H16ClN3O. The van der Waals surface area contributed by atoms with Crippen LogP contribution in [0.1, 0.15) is 13.8 Å². The molecule has 1 aromatic heterocycles. The second-order valence-corrected chi connectivity index (χ2v) is 5.44. The molecule has 0 saturated carbocycles. The number of hydrogen-bond donors (Lipinski definition) is 2. The number of hydrogen-bond acceptors (Lipinski definition) is 2. The molecule has 0 spiro atoms. The van der Waals surface area contributed by atoms with E-state index in [4.69, 9.17) is 17.4 Å². The third kappa shape index (κ3) is 2.35. The third-order valence-electron chi connectivity index (χ3n) is 3.05. The summed E-state index contributed by atoms with van der Waals surface area (Å²) in [5, 5.41) is 1.78. The molecule has 0 aliphatic carbocycles. The highest BCUT2D eigenvalue weighted by Crippen LogP contribution is 2.25. The first-order valence-corrected chi connectivity index (χ1v) is 6.07. The van der Waals surface area contributed by atoms with Gasteiger partial charge in [0.15, 0.2) is 0 Å². The Morgan fingerprint density at radius 2 is 2.17 bits per heavy atom. The predicted molar refractivity (Wildman–Crippen MR) is 73.1 cm³/mol. The molecule has 0 saturated heterocycles. The molecule has 0 fully saturated rings. The Hall–Kier alpha value is -1.52. The summed E-state index contributed by atoms with van der Waals surface area (Å²) in [5.74, 6) is 5.01. The van der Waals surface area contributed by atoms with Crippen LogP contribution in [-0.4, -0.2) is 10.5 Å². The zero-order valence-corrected chi connectivity index (χ0v) is 11.2. The normalized spacial score (nSPS) is 11.8. The number of hydrazine groups is 1. The molecule has 96 valence electrons. The number of nitrogens with two attached hydrogens (primary N) is 1. The number of carbonyl (C=O) groups is 1. The van der Waals surface area contributed by atoms with Gasteiger partial charge >= 0.3 is 0 Å². The highest BCUT2D eigenvalue weighted by atomic mass is 35.5. The van der Waals surface area contributed by atoms with Gasteiger partial charge in [0.2, 0.25) is 5.91 Å². The lowest BCUT2D eigenvalue weighted by atomic mass is 9.92. The molecule has 0 aliphatic heterocycles. The van der Waals surface area contributed by atoms with E-state index in [2.05, 4.69) is 5.43 Å². The van der Waals surface area contributed by atoms with Crippen LogP contribution in [0.3, 0.4) is 0 Å². The van der Waals surface area contributed by atoms with Crippen LogP contribution >= 0.6 is 11.6 Å². The van der Waals surface area contributed by atoms with E-state index in [1.165, 1.54) is 0 Å². The molecule has 2 rings (SSSR count). The molecule has 0 unspecified atom stereocenters. The van der Waals surface area contributed by atoms with Gasteiger partial charge in [0.1, 0.15) is 0 Å². The lowest BCUT2D eigenvalue weighted by molar-refractivity contribution is -0.130. The van der Waals surface area contributed by atoms with Gasteiger partial charge in [0, 0.05) is 23.3 Å². The second kappa shape index (κ2) is 4.63. The highest BCUT2D eigenvalue weighted by Gasteiger charge is 2.27. The first-order chi connectivity index (χ1) is 8.44. The summed E-state index contributed by atoms with van der Waals surface area (Å²) in [5.41, 5.74) is 2.63. The zero-order chi connectivity index (χ0) is 13.3. The molecule has 0 radical (unpaired) electrons. The average Bonchev–Trinajstić information content (AvgIpc) is 2.70. The Labute approximate surface area is 111 Å². The summed E-state index contributed by atoms with van der Waals surface area (Å²) in [4.78, 5) is 11.7.